The van der Waals surface area contributed by atoms with Crippen LogP contribution in [0.5, 0.6) is 0 Å². The number of carbonyl (C=O) groups is 2. The standard InChI is InChI=1S/C22H22F2N2O4S/c1-13-10-15-11-17(5-7-20(15)26(13)22(28)14-2-3-14)31(29,30)9-8-21(27)25-19-6-4-16(23)12-18(19)24/h4-7,11-14H,2-3,8-10H2,1H3,(H,25,27). The van der Waals surface area contributed by atoms with Gasteiger partial charge in [0.2, 0.25) is 11.8 Å². The fraction of sp³-hybridized carbons (Fsp3) is 0.364. The zero-order valence-corrected chi connectivity index (χ0v) is 17.7. The van der Waals surface area contributed by atoms with E-state index in [1.54, 1.807) is 17.0 Å². The predicted octanol–water partition coefficient (Wildman–Crippen LogP) is 3.45. The summed E-state index contributed by atoms with van der Waals surface area (Å²) in [6.07, 6.45) is 1.99. The Hall–Kier alpha value is -2.81. The van der Waals surface area contributed by atoms with Crippen molar-refractivity contribution in [1.82, 2.24) is 0 Å². The van der Waals surface area contributed by atoms with Gasteiger partial charge in [0, 0.05) is 30.1 Å². The van der Waals surface area contributed by atoms with Gasteiger partial charge in [0.25, 0.3) is 0 Å². The molecule has 164 valence electrons. The maximum Gasteiger partial charge on any atom is 0.230 e. The Morgan fingerprint density at radius 3 is 2.55 bits per heavy atom. The Labute approximate surface area is 179 Å². The molecule has 31 heavy (non-hydrogen) atoms. The van der Waals surface area contributed by atoms with Crippen molar-refractivity contribution < 1.29 is 26.8 Å². The van der Waals surface area contributed by atoms with Gasteiger partial charge >= 0.3 is 0 Å². The monoisotopic (exact) mass is 448 g/mol. The molecule has 0 bridgehead atoms. The zero-order chi connectivity index (χ0) is 22.3. The van der Waals surface area contributed by atoms with Gasteiger partial charge < -0.3 is 10.2 Å². The Balaban J connectivity index is 1.44. The number of amides is 2. The van der Waals surface area contributed by atoms with Crippen LogP contribution in [0.2, 0.25) is 0 Å². The van der Waals surface area contributed by atoms with Gasteiger partial charge in [0.1, 0.15) is 11.6 Å². The molecule has 1 aliphatic heterocycles. The first-order valence-corrected chi connectivity index (χ1v) is 11.7. The highest BCUT2D eigenvalue weighted by atomic mass is 32.2. The van der Waals surface area contributed by atoms with Gasteiger partial charge in [0.15, 0.2) is 9.84 Å². The second-order valence-corrected chi connectivity index (χ2v) is 10.2. The van der Waals surface area contributed by atoms with Crippen LogP contribution in [0.1, 0.15) is 31.7 Å². The molecule has 1 N–H and O–H groups in total. The van der Waals surface area contributed by atoms with Gasteiger partial charge in [-0.1, -0.05) is 0 Å². The lowest BCUT2D eigenvalue weighted by Crippen LogP contribution is -2.36. The topological polar surface area (TPSA) is 83.6 Å². The van der Waals surface area contributed by atoms with E-state index < -0.39 is 33.1 Å². The molecule has 1 unspecified atom stereocenters. The molecule has 1 atom stereocenters. The summed E-state index contributed by atoms with van der Waals surface area (Å²) in [7, 11) is -3.76. The zero-order valence-electron chi connectivity index (χ0n) is 16.9. The lowest BCUT2D eigenvalue weighted by molar-refractivity contribution is -0.120. The second-order valence-electron chi connectivity index (χ2n) is 8.07. The maximum absolute atomic E-state index is 13.6. The molecular weight excluding hydrogens is 426 g/mol. The van der Waals surface area contributed by atoms with E-state index in [1.165, 1.54) is 6.07 Å². The van der Waals surface area contributed by atoms with Crippen LogP contribution >= 0.6 is 0 Å². The third-order valence-electron chi connectivity index (χ3n) is 5.59. The fourth-order valence-corrected chi connectivity index (χ4v) is 5.10. The number of anilines is 2. The molecule has 1 heterocycles. The first kappa shape index (κ1) is 21.4. The van der Waals surface area contributed by atoms with E-state index in [9.17, 15) is 26.8 Å². The molecule has 6 nitrogen and oxygen atoms in total. The van der Waals surface area contributed by atoms with Crippen LogP contribution in [-0.2, 0) is 25.8 Å². The summed E-state index contributed by atoms with van der Waals surface area (Å²) < 4.78 is 52.1. The molecule has 2 aliphatic rings. The van der Waals surface area contributed by atoms with E-state index in [-0.39, 0.29) is 34.9 Å². The van der Waals surface area contributed by atoms with Crippen LogP contribution in [0.15, 0.2) is 41.3 Å². The molecule has 1 saturated carbocycles. The van der Waals surface area contributed by atoms with Crippen LogP contribution in [-0.4, -0.2) is 32.0 Å². The van der Waals surface area contributed by atoms with Gasteiger partial charge in [-0.15, -0.1) is 0 Å². The van der Waals surface area contributed by atoms with Crippen LogP contribution in [0, 0.1) is 17.6 Å². The molecule has 1 fully saturated rings. The van der Waals surface area contributed by atoms with Crippen molar-refractivity contribution in [2.75, 3.05) is 16.0 Å². The molecular formula is C22H22F2N2O4S. The SMILES string of the molecule is CC1Cc2cc(S(=O)(=O)CCC(=O)Nc3ccc(F)cc3F)ccc2N1C(=O)C1CC1. The van der Waals surface area contributed by atoms with Crippen molar-refractivity contribution in [3.05, 3.63) is 53.6 Å². The Morgan fingerprint density at radius 1 is 1.13 bits per heavy atom. The van der Waals surface area contributed by atoms with Crippen LogP contribution in [0.3, 0.4) is 0 Å². The molecule has 0 radical (unpaired) electrons. The van der Waals surface area contributed by atoms with Crippen molar-refractivity contribution in [3.63, 3.8) is 0 Å². The third kappa shape index (κ3) is 4.46. The highest BCUT2D eigenvalue weighted by Gasteiger charge is 2.39. The number of hydrogen-bond acceptors (Lipinski definition) is 4. The minimum Gasteiger partial charge on any atom is -0.324 e. The van der Waals surface area contributed by atoms with Crippen molar-refractivity contribution in [1.29, 1.82) is 0 Å². The minimum atomic E-state index is -3.76. The van der Waals surface area contributed by atoms with Crippen LogP contribution in [0.25, 0.3) is 0 Å². The molecule has 0 aromatic heterocycles. The normalized spacial score (nSPS) is 18.0. The van der Waals surface area contributed by atoms with Gasteiger partial charge in [-0.3, -0.25) is 9.59 Å². The van der Waals surface area contributed by atoms with Crippen molar-refractivity contribution >= 4 is 33.0 Å². The number of rotatable bonds is 6. The summed E-state index contributed by atoms with van der Waals surface area (Å²) in [6.45, 7) is 1.94. The first-order chi connectivity index (χ1) is 14.7. The molecule has 4 rings (SSSR count). The third-order valence-corrected chi connectivity index (χ3v) is 7.31. The van der Waals surface area contributed by atoms with E-state index >= 15 is 0 Å². The van der Waals surface area contributed by atoms with Gasteiger partial charge in [-0.05, 0) is 62.1 Å². The van der Waals surface area contributed by atoms with E-state index in [1.807, 2.05) is 6.92 Å². The molecule has 2 amide bonds. The highest BCUT2D eigenvalue weighted by molar-refractivity contribution is 7.91. The first-order valence-electron chi connectivity index (χ1n) is 10.1. The largest absolute Gasteiger partial charge is 0.324 e. The van der Waals surface area contributed by atoms with E-state index in [0.717, 1.165) is 36.2 Å². The number of hydrogen-bond donors (Lipinski definition) is 1. The molecule has 2 aromatic carbocycles. The fourth-order valence-electron chi connectivity index (χ4n) is 3.81. The summed E-state index contributed by atoms with van der Waals surface area (Å²) >= 11 is 0. The van der Waals surface area contributed by atoms with Gasteiger partial charge in [0.05, 0.1) is 16.3 Å². The van der Waals surface area contributed by atoms with Gasteiger partial charge in [-0.25, -0.2) is 17.2 Å². The predicted molar refractivity (Wildman–Crippen MR) is 111 cm³/mol. The van der Waals surface area contributed by atoms with E-state index in [2.05, 4.69) is 5.32 Å². The number of sulfone groups is 1. The van der Waals surface area contributed by atoms with E-state index in [0.29, 0.717) is 12.5 Å². The summed E-state index contributed by atoms with van der Waals surface area (Å²) in [5.41, 5.74) is 1.32. The smallest absolute Gasteiger partial charge is 0.230 e. The number of nitrogens with one attached hydrogen (secondary N) is 1. The van der Waals surface area contributed by atoms with Crippen LogP contribution < -0.4 is 10.2 Å². The van der Waals surface area contributed by atoms with Crippen LogP contribution in [0.4, 0.5) is 20.2 Å². The van der Waals surface area contributed by atoms with Crippen molar-refractivity contribution in [3.8, 4) is 0 Å². The molecule has 1 aliphatic carbocycles. The average molecular weight is 448 g/mol. The maximum atomic E-state index is 13.6. The summed E-state index contributed by atoms with van der Waals surface area (Å²) in [4.78, 5) is 26.5. The number of carbonyl (C=O) groups excluding carboxylic acids is 2. The summed E-state index contributed by atoms with van der Waals surface area (Å²) in [5, 5.41) is 2.25. The summed E-state index contributed by atoms with van der Waals surface area (Å²) in [6, 6.07) is 7.36. The lowest BCUT2D eigenvalue weighted by atomic mass is 10.1. The quantitative estimate of drug-likeness (QED) is 0.734. The minimum absolute atomic E-state index is 0.0302. The number of nitrogens with zero attached hydrogens (tertiary/aromatic N) is 1. The Morgan fingerprint density at radius 2 is 1.87 bits per heavy atom. The molecule has 9 heteroatoms. The molecule has 0 spiro atoms. The number of fused-ring (bicyclic) bond motifs is 1. The summed E-state index contributed by atoms with van der Waals surface area (Å²) in [5.74, 6) is -2.70. The van der Waals surface area contributed by atoms with Crippen molar-refractivity contribution in [2.45, 2.75) is 43.5 Å². The Kier molecular flexibility index (Phi) is 5.55. The highest BCUT2D eigenvalue weighted by Crippen LogP contribution is 2.39. The average Bonchev–Trinajstić information content (AvgIpc) is 3.50. The lowest BCUT2D eigenvalue weighted by Gasteiger charge is -2.22. The van der Waals surface area contributed by atoms with Crippen molar-refractivity contribution in [2.24, 2.45) is 5.92 Å². The molecule has 0 saturated heterocycles. The van der Waals surface area contributed by atoms with Gasteiger partial charge in [-0.2, -0.15) is 0 Å². The second kappa shape index (κ2) is 8.03. The Bertz CT molecular complexity index is 1160. The van der Waals surface area contributed by atoms with E-state index in [4.69, 9.17) is 0 Å². The molecule has 2 aromatic rings. The number of halogens is 2. The number of benzene rings is 2.